The van der Waals surface area contributed by atoms with E-state index in [1.165, 1.54) is 0 Å². The molecule has 0 saturated carbocycles. The van der Waals surface area contributed by atoms with Crippen LogP contribution in [-0.4, -0.2) is 78.2 Å². The summed E-state index contributed by atoms with van der Waals surface area (Å²) in [4.78, 5) is 28.6. The molecule has 1 aliphatic heterocycles. The highest BCUT2D eigenvalue weighted by Gasteiger charge is 2.17. The SMILES string of the molecule is CN1CCN(CCCNC(=O)C(=O)Nc2cccc3nonc23)CC1. The summed E-state index contributed by atoms with van der Waals surface area (Å²) in [6.45, 7) is 5.60. The van der Waals surface area contributed by atoms with Crippen LogP contribution in [0.3, 0.4) is 0 Å². The van der Waals surface area contributed by atoms with Gasteiger partial charge in [-0.3, -0.25) is 9.59 Å². The standard InChI is InChI=1S/C16H22N6O3/c1-21-8-10-22(11-9-21)7-3-6-17-15(23)16(24)18-12-4-2-5-13-14(12)20-25-19-13/h2,4-5H,3,6-11H2,1H3,(H,17,23)(H,18,24). The lowest BCUT2D eigenvalue weighted by Gasteiger charge is -2.32. The number of benzene rings is 1. The smallest absolute Gasteiger partial charge is 0.313 e. The highest BCUT2D eigenvalue weighted by molar-refractivity contribution is 6.40. The summed E-state index contributed by atoms with van der Waals surface area (Å²) in [5.74, 6) is -1.39. The minimum absolute atomic E-state index is 0.399. The van der Waals surface area contributed by atoms with Gasteiger partial charge in [0.1, 0.15) is 5.52 Å². The summed E-state index contributed by atoms with van der Waals surface area (Å²) in [6.07, 6.45) is 0.811. The Balaban J connectivity index is 1.41. The van der Waals surface area contributed by atoms with Crippen LogP contribution in [0.2, 0.25) is 0 Å². The average Bonchev–Trinajstić information content (AvgIpc) is 3.10. The highest BCUT2D eigenvalue weighted by Crippen LogP contribution is 2.19. The molecule has 1 aromatic carbocycles. The van der Waals surface area contributed by atoms with E-state index < -0.39 is 11.8 Å². The Bertz CT molecular complexity index is 738. The molecule has 1 saturated heterocycles. The van der Waals surface area contributed by atoms with Gasteiger partial charge >= 0.3 is 11.8 Å². The fraction of sp³-hybridized carbons (Fsp3) is 0.500. The Hall–Kier alpha value is -2.52. The van der Waals surface area contributed by atoms with Gasteiger partial charge in [-0.25, -0.2) is 4.63 Å². The van der Waals surface area contributed by atoms with E-state index in [1.807, 2.05) is 0 Å². The van der Waals surface area contributed by atoms with Crippen molar-refractivity contribution in [3.8, 4) is 0 Å². The van der Waals surface area contributed by atoms with E-state index >= 15 is 0 Å². The van der Waals surface area contributed by atoms with Gasteiger partial charge in [-0.15, -0.1) is 0 Å². The number of anilines is 1. The van der Waals surface area contributed by atoms with Gasteiger partial charge in [0.2, 0.25) is 0 Å². The number of nitrogens with zero attached hydrogens (tertiary/aromatic N) is 4. The van der Waals surface area contributed by atoms with Crippen LogP contribution in [0, 0.1) is 0 Å². The number of aromatic nitrogens is 2. The van der Waals surface area contributed by atoms with Gasteiger partial charge in [0.05, 0.1) is 5.69 Å². The lowest BCUT2D eigenvalue weighted by atomic mass is 10.2. The van der Waals surface area contributed by atoms with Gasteiger partial charge in [0.25, 0.3) is 0 Å². The second-order valence-electron chi connectivity index (χ2n) is 6.15. The number of amides is 2. The predicted molar refractivity (Wildman–Crippen MR) is 92.0 cm³/mol. The molecule has 0 bridgehead atoms. The fourth-order valence-electron chi connectivity index (χ4n) is 2.74. The first-order valence-electron chi connectivity index (χ1n) is 8.35. The molecule has 0 spiro atoms. The maximum atomic E-state index is 12.0. The van der Waals surface area contributed by atoms with E-state index in [-0.39, 0.29) is 0 Å². The number of carbonyl (C=O) groups excluding carboxylic acids is 2. The average molecular weight is 346 g/mol. The molecule has 0 radical (unpaired) electrons. The highest BCUT2D eigenvalue weighted by atomic mass is 16.6. The topological polar surface area (TPSA) is 104 Å². The van der Waals surface area contributed by atoms with Crippen molar-refractivity contribution >= 4 is 28.5 Å². The van der Waals surface area contributed by atoms with Crippen molar-refractivity contribution in [3.63, 3.8) is 0 Å². The summed E-state index contributed by atoms with van der Waals surface area (Å²) < 4.78 is 4.63. The second-order valence-corrected chi connectivity index (χ2v) is 6.15. The Morgan fingerprint density at radius 1 is 1.16 bits per heavy atom. The van der Waals surface area contributed by atoms with Crippen LogP contribution in [-0.2, 0) is 9.59 Å². The van der Waals surface area contributed by atoms with E-state index in [0.29, 0.717) is 23.3 Å². The first-order chi connectivity index (χ1) is 12.1. The summed E-state index contributed by atoms with van der Waals surface area (Å²) in [5.41, 5.74) is 1.33. The van der Waals surface area contributed by atoms with Crippen LogP contribution < -0.4 is 10.6 Å². The van der Waals surface area contributed by atoms with Crippen LogP contribution in [0.5, 0.6) is 0 Å². The van der Waals surface area contributed by atoms with E-state index in [4.69, 9.17) is 0 Å². The molecule has 1 aliphatic rings. The van der Waals surface area contributed by atoms with Gasteiger partial charge < -0.3 is 20.4 Å². The molecule has 9 nitrogen and oxygen atoms in total. The molecule has 1 aromatic heterocycles. The number of piperazine rings is 1. The second kappa shape index (κ2) is 8.04. The Kier molecular flexibility index (Phi) is 5.56. The lowest BCUT2D eigenvalue weighted by molar-refractivity contribution is -0.136. The largest absolute Gasteiger partial charge is 0.348 e. The number of rotatable bonds is 5. The fourth-order valence-corrected chi connectivity index (χ4v) is 2.74. The summed E-state index contributed by atoms with van der Waals surface area (Å²) >= 11 is 0. The van der Waals surface area contributed by atoms with Crippen molar-refractivity contribution < 1.29 is 14.2 Å². The maximum Gasteiger partial charge on any atom is 0.313 e. The number of hydrogen-bond donors (Lipinski definition) is 2. The zero-order chi connectivity index (χ0) is 17.6. The Morgan fingerprint density at radius 3 is 2.76 bits per heavy atom. The molecular weight excluding hydrogens is 324 g/mol. The molecule has 0 atom stereocenters. The summed E-state index contributed by atoms with van der Waals surface area (Å²) in [6, 6.07) is 5.06. The first kappa shape index (κ1) is 17.3. The zero-order valence-electron chi connectivity index (χ0n) is 14.2. The van der Waals surface area contributed by atoms with Crippen LogP contribution in [0.15, 0.2) is 22.8 Å². The molecule has 2 amide bonds. The van der Waals surface area contributed by atoms with Crippen molar-refractivity contribution in [2.24, 2.45) is 0 Å². The zero-order valence-corrected chi connectivity index (χ0v) is 14.2. The number of carbonyl (C=O) groups is 2. The molecule has 1 fully saturated rings. The van der Waals surface area contributed by atoms with Gasteiger partial charge in [-0.1, -0.05) is 6.07 Å². The van der Waals surface area contributed by atoms with E-state index in [1.54, 1.807) is 18.2 Å². The first-order valence-corrected chi connectivity index (χ1v) is 8.35. The van der Waals surface area contributed by atoms with Crippen molar-refractivity contribution in [3.05, 3.63) is 18.2 Å². The van der Waals surface area contributed by atoms with Gasteiger partial charge in [-0.2, -0.15) is 0 Å². The Labute approximate surface area is 145 Å². The minimum Gasteiger partial charge on any atom is -0.348 e. The normalized spacial score (nSPS) is 16.0. The quantitative estimate of drug-likeness (QED) is 0.576. The van der Waals surface area contributed by atoms with E-state index in [9.17, 15) is 9.59 Å². The monoisotopic (exact) mass is 346 g/mol. The molecule has 134 valence electrons. The van der Waals surface area contributed by atoms with Crippen LogP contribution >= 0.6 is 0 Å². The van der Waals surface area contributed by atoms with Crippen LogP contribution in [0.4, 0.5) is 5.69 Å². The molecule has 2 aromatic rings. The number of fused-ring (bicyclic) bond motifs is 1. The molecule has 25 heavy (non-hydrogen) atoms. The van der Waals surface area contributed by atoms with Gasteiger partial charge in [0.15, 0.2) is 5.52 Å². The molecule has 9 heteroatoms. The Morgan fingerprint density at radius 2 is 1.96 bits per heavy atom. The number of hydrogen-bond acceptors (Lipinski definition) is 7. The number of nitrogens with one attached hydrogen (secondary N) is 2. The lowest BCUT2D eigenvalue weighted by Crippen LogP contribution is -2.45. The molecule has 2 N–H and O–H groups in total. The maximum absolute atomic E-state index is 12.0. The van der Waals surface area contributed by atoms with Crippen molar-refractivity contribution in [2.75, 3.05) is 51.6 Å². The number of likely N-dealkylation sites (N-methyl/N-ethyl adjacent to an activating group) is 1. The van der Waals surface area contributed by atoms with Gasteiger partial charge in [0, 0.05) is 32.7 Å². The molecule has 0 unspecified atom stereocenters. The minimum atomic E-state index is -0.727. The molecular formula is C16H22N6O3. The van der Waals surface area contributed by atoms with Crippen LogP contribution in [0.25, 0.3) is 11.0 Å². The van der Waals surface area contributed by atoms with E-state index in [0.717, 1.165) is 39.1 Å². The van der Waals surface area contributed by atoms with Crippen LogP contribution in [0.1, 0.15) is 6.42 Å². The third kappa shape index (κ3) is 4.52. The van der Waals surface area contributed by atoms with Gasteiger partial charge in [-0.05, 0) is 42.5 Å². The molecule has 2 heterocycles. The third-order valence-corrected chi connectivity index (χ3v) is 4.27. The summed E-state index contributed by atoms with van der Waals surface area (Å²) in [7, 11) is 2.12. The van der Waals surface area contributed by atoms with E-state index in [2.05, 4.69) is 42.4 Å². The molecule has 3 rings (SSSR count). The van der Waals surface area contributed by atoms with Crippen molar-refractivity contribution in [2.45, 2.75) is 6.42 Å². The third-order valence-electron chi connectivity index (χ3n) is 4.27. The van der Waals surface area contributed by atoms with Crippen molar-refractivity contribution in [1.29, 1.82) is 0 Å². The summed E-state index contributed by atoms with van der Waals surface area (Å²) in [5, 5.41) is 12.6. The predicted octanol–water partition coefficient (Wildman–Crippen LogP) is -0.0850. The van der Waals surface area contributed by atoms with Crippen molar-refractivity contribution in [1.82, 2.24) is 25.4 Å². The molecule has 0 aliphatic carbocycles.